The Morgan fingerprint density at radius 3 is 1.67 bits per heavy atom. The number of carboxylic acid groups (broad SMARTS) is 2. The van der Waals surface area contributed by atoms with Gasteiger partial charge in [0.15, 0.2) is 0 Å². The molecule has 24 heavy (non-hydrogen) atoms. The molecule has 0 saturated carbocycles. The fourth-order valence-corrected chi connectivity index (χ4v) is 2.12. The van der Waals surface area contributed by atoms with Crippen LogP contribution >= 0.6 is 0 Å². The molecule has 2 N–H and O–H groups in total. The molecule has 3 rings (SSSR count). The lowest BCUT2D eigenvalue weighted by molar-refractivity contribution is 0.0681. The minimum Gasteiger partial charge on any atom is -0.478 e. The maximum atomic E-state index is 10.6. The average Bonchev–Trinajstić information content (AvgIpc) is 2.61. The molecule has 0 radical (unpaired) electrons. The highest BCUT2D eigenvalue weighted by Crippen LogP contribution is 2.12. The highest BCUT2D eigenvalue weighted by atomic mass is 16.4. The van der Waals surface area contributed by atoms with Crippen molar-refractivity contribution in [2.75, 3.05) is 0 Å². The molecule has 0 unspecified atom stereocenters. The van der Waals surface area contributed by atoms with Crippen molar-refractivity contribution in [2.24, 2.45) is 0 Å². The lowest BCUT2D eigenvalue weighted by atomic mass is 10.0. The van der Waals surface area contributed by atoms with Crippen LogP contribution in [0.1, 0.15) is 26.3 Å². The van der Waals surface area contributed by atoms with E-state index in [9.17, 15) is 9.59 Å². The fraction of sp³-hybridized carbons (Fsp3) is 0. The highest BCUT2D eigenvalue weighted by Gasteiger charge is 2.11. The second-order valence-electron chi connectivity index (χ2n) is 4.86. The third-order valence-electron chi connectivity index (χ3n) is 3.31. The summed E-state index contributed by atoms with van der Waals surface area (Å²) in [6.45, 7) is 0. The van der Waals surface area contributed by atoms with Gasteiger partial charge < -0.3 is 10.2 Å². The maximum absolute atomic E-state index is 10.6. The first-order valence-electron chi connectivity index (χ1n) is 7.04. The summed E-state index contributed by atoms with van der Waals surface area (Å²) in [6, 6.07) is 20.3. The van der Waals surface area contributed by atoms with Crippen molar-refractivity contribution >= 4 is 22.7 Å². The third kappa shape index (κ3) is 3.99. The third-order valence-corrected chi connectivity index (χ3v) is 3.31. The summed E-state index contributed by atoms with van der Waals surface area (Å²) in [6.07, 6.45) is 5.05. The van der Waals surface area contributed by atoms with E-state index in [0.29, 0.717) is 0 Å². The Morgan fingerprint density at radius 1 is 0.792 bits per heavy atom. The number of rotatable bonds is 2. The number of hydrogen-bond donors (Lipinski definition) is 2. The molecule has 3 aromatic carbocycles. The first kappa shape index (κ1) is 16.8. The van der Waals surface area contributed by atoms with Gasteiger partial charge in [0.05, 0.1) is 11.1 Å². The van der Waals surface area contributed by atoms with Crippen molar-refractivity contribution in [3.8, 4) is 12.3 Å². The van der Waals surface area contributed by atoms with E-state index in [1.807, 2.05) is 0 Å². The standard InChI is InChI=1S/C10H6O4.C10H8/c1-2-6-5-7(9(11)12)3-4-8(6)10(13)14;1-2-6-10-8-4-3-7-9(10)5-1/h1,3-5H,(H,11,12)(H,13,14);1-8H. The van der Waals surface area contributed by atoms with Crippen LogP contribution in [-0.2, 0) is 0 Å². The minimum atomic E-state index is -1.17. The van der Waals surface area contributed by atoms with Crippen LogP contribution in [0.4, 0.5) is 0 Å². The molecule has 0 aliphatic carbocycles. The zero-order valence-electron chi connectivity index (χ0n) is 12.6. The predicted molar refractivity (Wildman–Crippen MR) is 92.2 cm³/mol. The number of fused-ring (bicyclic) bond motifs is 1. The van der Waals surface area contributed by atoms with Crippen LogP contribution < -0.4 is 0 Å². The van der Waals surface area contributed by atoms with Crippen LogP contribution in [0.3, 0.4) is 0 Å². The zero-order valence-corrected chi connectivity index (χ0v) is 12.6. The monoisotopic (exact) mass is 318 g/mol. The van der Waals surface area contributed by atoms with Crippen LogP contribution in [0.25, 0.3) is 10.8 Å². The molecule has 0 aliphatic heterocycles. The largest absolute Gasteiger partial charge is 0.478 e. The Labute approximate surface area is 139 Å². The van der Waals surface area contributed by atoms with E-state index in [4.69, 9.17) is 16.6 Å². The van der Waals surface area contributed by atoms with Gasteiger partial charge in [-0.2, -0.15) is 0 Å². The lowest BCUT2D eigenvalue weighted by Crippen LogP contribution is -2.03. The van der Waals surface area contributed by atoms with Gasteiger partial charge in [-0.1, -0.05) is 54.5 Å². The molecule has 4 nitrogen and oxygen atoms in total. The fourth-order valence-electron chi connectivity index (χ4n) is 2.12. The van der Waals surface area contributed by atoms with Crippen molar-refractivity contribution < 1.29 is 19.8 Å². The van der Waals surface area contributed by atoms with Gasteiger partial charge in [0.1, 0.15) is 0 Å². The zero-order chi connectivity index (χ0) is 17.5. The Bertz CT molecular complexity index is 870. The normalized spacial score (nSPS) is 9.46. The molecule has 0 aromatic heterocycles. The molecular weight excluding hydrogens is 304 g/mol. The molecule has 0 spiro atoms. The molecule has 0 fully saturated rings. The van der Waals surface area contributed by atoms with E-state index in [2.05, 4.69) is 54.5 Å². The molecule has 0 atom stereocenters. The van der Waals surface area contributed by atoms with E-state index in [1.165, 1.54) is 22.9 Å². The van der Waals surface area contributed by atoms with Gasteiger partial charge in [-0.05, 0) is 29.0 Å². The minimum absolute atomic E-state index is 0.0250. The molecule has 0 heterocycles. The molecule has 3 aromatic rings. The number of aromatic carboxylic acids is 2. The van der Waals surface area contributed by atoms with Gasteiger partial charge in [0.25, 0.3) is 0 Å². The SMILES string of the molecule is C#Cc1cc(C(=O)O)ccc1C(=O)O.c1ccc2ccccc2c1. The first-order valence-corrected chi connectivity index (χ1v) is 7.04. The summed E-state index contributed by atoms with van der Waals surface area (Å²) < 4.78 is 0. The van der Waals surface area contributed by atoms with Crippen molar-refractivity contribution in [1.82, 2.24) is 0 Å². The predicted octanol–water partition coefficient (Wildman–Crippen LogP) is 3.90. The van der Waals surface area contributed by atoms with Crippen molar-refractivity contribution in [2.45, 2.75) is 0 Å². The summed E-state index contributed by atoms with van der Waals surface area (Å²) in [5.41, 5.74) is -0.0298. The van der Waals surface area contributed by atoms with E-state index in [0.717, 1.165) is 6.07 Å². The molecule has 0 amide bonds. The van der Waals surface area contributed by atoms with Gasteiger partial charge in [-0.3, -0.25) is 0 Å². The van der Waals surface area contributed by atoms with Crippen molar-refractivity contribution in [1.29, 1.82) is 0 Å². The number of benzene rings is 3. The molecule has 0 aliphatic rings. The van der Waals surface area contributed by atoms with Crippen LogP contribution in [0, 0.1) is 12.3 Å². The van der Waals surface area contributed by atoms with Gasteiger partial charge in [0.2, 0.25) is 0 Å². The summed E-state index contributed by atoms with van der Waals surface area (Å²) in [4.78, 5) is 21.2. The Morgan fingerprint density at radius 2 is 1.29 bits per heavy atom. The van der Waals surface area contributed by atoms with E-state index >= 15 is 0 Å². The molecule has 118 valence electrons. The first-order chi connectivity index (χ1) is 11.5. The van der Waals surface area contributed by atoms with Crippen molar-refractivity contribution in [3.05, 3.63) is 83.4 Å². The van der Waals surface area contributed by atoms with E-state index in [-0.39, 0.29) is 16.7 Å². The van der Waals surface area contributed by atoms with Crippen LogP contribution in [0.5, 0.6) is 0 Å². The van der Waals surface area contributed by atoms with Gasteiger partial charge in [0, 0.05) is 5.56 Å². The van der Waals surface area contributed by atoms with Gasteiger partial charge >= 0.3 is 11.9 Å². The van der Waals surface area contributed by atoms with Crippen LogP contribution in [0.15, 0.2) is 66.7 Å². The van der Waals surface area contributed by atoms with E-state index in [1.54, 1.807) is 0 Å². The molecule has 4 heteroatoms. The topological polar surface area (TPSA) is 74.6 Å². The van der Waals surface area contributed by atoms with Gasteiger partial charge in [-0.25, -0.2) is 9.59 Å². The summed E-state index contributed by atoms with van der Waals surface area (Å²) >= 11 is 0. The van der Waals surface area contributed by atoms with Crippen LogP contribution in [-0.4, -0.2) is 22.2 Å². The average molecular weight is 318 g/mol. The van der Waals surface area contributed by atoms with Gasteiger partial charge in [-0.15, -0.1) is 6.42 Å². The number of terminal acetylenes is 1. The lowest BCUT2D eigenvalue weighted by Gasteiger charge is -2.00. The summed E-state index contributed by atoms with van der Waals surface area (Å²) in [5, 5.41) is 19.9. The Balaban J connectivity index is 0.000000182. The molecular formula is C20H14O4. The molecule has 0 bridgehead atoms. The summed E-state index contributed by atoms with van der Waals surface area (Å²) in [5.74, 6) is -0.184. The highest BCUT2D eigenvalue weighted by molar-refractivity contribution is 5.94. The maximum Gasteiger partial charge on any atom is 0.336 e. The van der Waals surface area contributed by atoms with E-state index < -0.39 is 11.9 Å². The Kier molecular flexibility index (Phi) is 5.32. The second kappa shape index (κ2) is 7.61. The molecule has 0 saturated heterocycles. The smallest absolute Gasteiger partial charge is 0.336 e. The number of hydrogen-bond acceptors (Lipinski definition) is 2. The Hall–Kier alpha value is -3.58. The van der Waals surface area contributed by atoms with Crippen molar-refractivity contribution in [3.63, 3.8) is 0 Å². The number of carbonyl (C=O) groups is 2. The second-order valence-corrected chi connectivity index (χ2v) is 4.86. The number of carboxylic acids is 2. The quantitative estimate of drug-likeness (QED) is 0.703. The van der Waals surface area contributed by atoms with Crippen LogP contribution in [0.2, 0.25) is 0 Å². The summed E-state index contributed by atoms with van der Waals surface area (Å²) in [7, 11) is 0.